The Hall–Kier alpha value is -0.450. The molecule has 17 heavy (non-hydrogen) atoms. The third-order valence-corrected chi connectivity index (χ3v) is 4.06. The summed E-state index contributed by atoms with van der Waals surface area (Å²) in [6, 6.07) is 0.774. The van der Waals surface area contributed by atoms with E-state index < -0.39 is 0 Å². The summed E-state index contributed by atoms with van der Waals surface area (Å²) >= 11 is 1.68. The Morgan fingerprint density at radius 1 is 1.53 bits per heavy atom. The molecule has 4 heteroatoms. The lowest BCUT2D eigenvalue weighted by Crippen LogP contribution is -2.34. The monoisotopic (exact) mass is 253 g/mol. The molecular formula is C13H23N3S. The zero-order valence-corrected chi connectivity index (χ0v) is 11.5. The predicted octanol–water partition coefficient (Wildman–Crippen LogP) is 2.50. The number of rotatable bonds is 6. The van der Waals surface area contributed by atoms with Crippen LogP contribution in [0.4, 0.5) is 0 Å². The molecule has 1 aliphatic heterocycles. The molecule has 0 saturated carbocycles. The maximum absolute atomic E-state index is 4.32. The standard InChI is InChI=1S/C13H23N3S/c1-16(9-13-10-17-11-15-13)8-4-6-12-5-2-3-7-14-12/h10-12,14H,2-9H2,1H3. The molecule has 1 atom stereocenters. The van der Waals surface area contributed by atoms with Gasteiger partial charge in [0.15, 0.2) is 0 Å². The average Bonchev–Trinajstić information content (AvgIpc) is 2.83. The minimum Gasteiger partial charge on any atom is -0.314 e. The first-order chi connectivity index (χ1) is 8.34. The Kier molecular flexibility index (Phi) is 5.42. The fourth-order valence-electron chi connectivity index (χ4n) is 2.45. The fraction of sp³-hybridized carbons (Fsp3) is 0.769. The van der Waals surface area contributed by atoms with Gasteiger partial charge in [0.2, 0.25) is 0 Å². The second-order valence-corrected chi connectivity index (χ2v) is 5.73. The zero-order valence-electron chi connectivity index (χ0n) is 10.7. The largest absolute Gasteiger partial charge is 0.314 e. The molecule has 0 aromatic carbocycles. The highest BCUT2D eigenvalue weighted by atomic mass is 32.1. The maximum atomic E-state index is 4.32. The van der Waals surface area contributed by atoms with Crippen LogP contribution in [0.3, 0.4) is 0 Å². The first-order valence-electron chi connectivity index (χ1n) is 6.63. The number of nitrogens with zero attached hydrogens (tertiary/aromatic N) is 2. The van der Waals surface area contributed by atoms with E-state index in [1.807, 2.05) is 5.51 Å². The summed E-state index contributed by atoms with van der Waals surface area (Å²) in [5, 5.41) is 5.75. The number of aromatic nitrogens is 1. The maximum Gasteiger partial charge on any atom is 0.0795 e. The number of nitrogens with one attached hydrogen (secondary N) is 1. The van der Waals surface area contributed by atoms with Crippen molar-refractivity contribution in [2.45, 2.75) is 44.7 Å². The lowest BCUT2D eigenvalue weighted by molar-refractivity contribution is 0.295. The number of thiazole rings is 1. The Labute approximate surface area is 108 Å². The van der Waals surface area contributed by atoms with Crippen LogP contribution in [0, 0.1) is 0 Å². The van der Waals surface area contributed by atoms with E-state index >= 15 is 0 Å². The molecule has 0 bridgehead atoms. The van der Waals surface area contributed by atoms with Crippen molar-refractivity contribution in [1.29, 1.82) is 0 Å². The molecule has 3 nitrogen and oxygen atoms in total. The van der Waals surface area contributed by atoms with E-state index in [1.165, 1.54) is 50.9 Å². The molecule has 2 heterocycles. The van der Waals surface area contributed by atoms with Crippen LogP contribution in [0.5, 0.6) is 0 Å². The van der Waals surface area contributed by atoms with Crippen LogP contribution in [-0.2, 0) is 6.54 Å². The molecule has 0 amide bonds. The summed E-state index contributed by atoms with van der Waals surface area (Å²) < 4.78 is 0. The molecule has 1 unspecified atom stereocenters. The van der Waals surface area contributed by atoms with Gasteiger partial charge in [0.25, 0.3) is 0 Å². The van der Waals surface area contributed by atoms with Crippen LogP contribution >= 0.6 is 11.3 Å². The van der Waals surface area contributed by atoms with Crippen LogP contribution in [0.1, 0.15) is 37.8 Å². The number of hydrogen-bond acceptors (Lipinski definition) is 4. The van der Waals surface area contributed by atoms with Gasteiger partial charge in [-0.3, -0.25) is 0 Å². The van der Waals surface area contributed by atoms with Crippen molar-refractivity contribution in [3.63, 3.8) is 0 Å². The Morgan fingerprint density at radius 2 is 2.47 bits per heavy atom. The fourth-order valence-corrected chi connectivity index (χ4v) is 3.00. The minimum atomic E-state index is 0.774. The summed E-state index contributed by atoms with van der Waals surface area (Å²) in [7, 11) is 2.19. The van der Waals surface area contributed by atoms with Gasteiger partial charge in [-0.05, 0) is 45.8 Å². The van der Waals surface area contributed by atoms with Crippen LogP contribution in [-0.4, -0.2) is 36.1 Å². The van der Waals surface area contributed by atoms with Gasteiger partial charge in [-0.25, -0.2) is 4.98 Å². The normalized spacial score (nSPS) is 20.9. The molecule has 1 aromatic heterocycles. The lowest BCUT2D eigenvalue weighted by atomic mass is 10.0. The summed E-state index contributed by atoms with van der Waals surface area (Å²) in [5.74, 6) is 0. The second-order valence-electron chi connectivity index (χ2n) is 5.01. The highest BCUT2D eigenvalue weighted by Crippen LogP contribution is 2.12. The molecule has 1 N–H and O–H groups in total. The van der Waals surface area contributed by atoms with Crippen LogP contribution in [0.2, 0.25) is 0 Å². The van der Waals surface area contributed by atoms with E-state index in [9.17, 15) is 0 Å². The molecule has 2 rings (SSSR count). The Morgan fingerprint density at radius 3 is 3.18 bits per heavy atom. The molecule has 0 radical (unpaired) electrons. The molecule has 1 aliphatic rings. The van der Waals surface area contributed by atoms with Crippen molar-refractivity contribution < 1.29 is 0 Å². The molecule has 1 fully saturated rings. The zero-order chi connectivity index (χ0) is 11.9. The summed E-state index contributed by atoms with van der Waals surface area (Å²) in [4.78, 5) is 6.69. The van der Waals surface area contributed by atoms with Crippen LogP contribution in [0.25, 0.3) is 0 Å². The lowest BCUT2D eigenvalue weighted by Gasteiger charge is -2.24. The van der Waals surface area contributed by atoms with Gasteiger partial charge in [-0.15, -0.1) is 11.3 Å². The van der Waals surface area contributed by atoms with Crippen LogP contribution < -0.4 is 5.32 Å². The Balaban J connectivity index is 1.58. The topological polar surface area (TPSA) is 28.2 Å². The van der Waals surface area contributed by atoms with Crippen molar-refractivity contribution in [1.82, 2.24) is 15.2 Å². The van der Waals surface area contributed by atoms with Gasteiger partial charge in [-0.2, -0.15) is 0 Å². The van der Waals surface area contributed by atoms with E-state index in [4.69, 9.17) is 0 Å². The summed E-state index contributed by atoms with van der Waals surface area (Å²) in [5.41, 5.74) is 3.11. The van der Waals surface area contributed by atoms with Crippen molar-refractivity contribution in [2.24, 2.45) is 0 Å². The van der Waals surface area contributed by atoms with E-state index in [0.29, 0.717) is 0 Å². The predicted molar refractivity (Wildman–Crippen MR) is 73.3 cm³/mol. The molecule has 96 valence electrons. The minimum absolute atomic E-state index is 0.774. The van der Waals surface area contributed by atoms with E-state index in [1.54, 1.807) is 11.3 Å². The van der Waals surface area contributed by atoms with Gasteiger partial charge in [-0.1, -0.05) is 6.42 Å². The quantitative estimate of drug-likeness (QED) is 0.844. The SMILES string of the molecule is CN(CCCC1CCCCN1)Cc1cscn1. The van der Waals surface area contributed by atoms with Crippen molar-refractivity contribution in [3.8, 4) is 0 Å². The van der Waals surface area contributed by atoms with Crippen LogP contribution in [0.15, 0.2) is 10.9 Å². The van der Waals surface area contributed by atoms with Crippen molar-refractivity contribution in [3.05, 3.63) is 16.6 Å². The van der Waals surface area contributed by atoms with Crippen molar-refractivity contribution >= 4 is 11.3 Å². The highest BCUT2D eigenvalue weighted by molar-refractivity contribution is 7.07. The molecule has 0 spiro atoms. The molecule has 1 saturated heterocycles. The Bertz CT molecular complexity index is 294. The smallest absolute Gasteiger partial charge is 0.0795 e. The van der Waals surface area contributed by atoms with E-state index in [2.05, 4.69) is 27.6 Å². The van der Waals surface area contributed by atoms with Gasteiger partial charge in [0, 0.05) is 18.0 Å². The molecular weight excluding hydrogens is 230 g/mol. The average molecular weight is 253 g/mol. The summed E-state index contributed by atoms with van der Waals surface area (Å²) in [6.07, 6.45) is 6.75. The second kappa shape index (κ2) is 7.09. The molecule has 1 aromatic rings. The van der Waals surface area contributed by atoms with E-state index in [0.717, 1.165) is 12.6 Å². The van der Waals surface area contributed by atoms with Gasteiger partial charge in [0.1, 0.15) is 0 Å². The van der Waals surface area contributed by atoms with Gasteiger partial charge < -0.3 is 10.2 Å². The van der Waals surface area contributed by atoms with E-state index in [-0.39, 0.29) is 0 Å². The number of piperidine rings is 1. The molecule has 0 aliphatic carbocycles. The number of hydrogen-bond donors (Lipinski definition) is 1. The highest BCUT2D eigenvalue weighted by Gasteiger charge is 2.12. The van der Waals surface area contributed by atoms with Gasteiger partial charge >= 0.3 is 0 Å². The first-order valence-corrected chi connectivity index (χ1v) is 7.58. The first kappa shape index (κ1) is 13.0. The van der Waals surface area contributed by atoms with Gasteiger partial charge in [0.05, 0.1) is 11.2 Å². The summed E-state index contributed by atoms with van der Waals surface area (Å²) in [6.45, 7) is 3.39. The third-order valence-electron chi connectivity index (χ3n) is 3.42. The third kappa shape index (κ3) is 4.74. The van der Waals surface area contributed by atoms with Crippen molar-refractivity contribution in [2.75, 3.05) is 20.1 Å².